The van der Waals surface area contributed by atoms with Crippen LogP contribution in [-0.4, -0.2) is 57.7 Å². The summed E-state index contributed by atoms with van der Waals surface area (Å²) in [6.07, 6.45) is 4.54. The summed E-state index contributed by atoms with van der Waals surface area (Å²) < 4.78 is 33.8. The predicted octanol–water partition coefficient (Wildman–Crippen LogP) is 2.36. The number of rotatable bonds is 10. The Morgan fingerprint density at radius 2 is 1.83 bits per heavy atom. The normalized spacial score (nSPS) is 16.3. The Bertz CT molecular complexity index is 581. The molecule has 0 aromatic heterocycles. The first-order valence-electron chi connectivity index (χ1n) is 8.09. The van der Waals surface area contributed by atoms with E-state index in [1.807, 2.05) is 31.2 Å². The second kappa shape index (κ2) is 8.02. The molecular weight excluding hydrogens is 314 g/mol. The summed E-state index contributed by atoms with van der Waals surface area (Å²) in [5, 5.41) is 0. The molecule has 1 aromatic carbocycles. The molecule has 5 nitrogen and oxygen atoms in total. The molecule has 1 unspecified atom stereocenters. The quantitative estimate of drug-likeness (QED) is 0.612. The average molecular weight is 341 g/mol. The highest BCUT2D eigenvalue weighted by Gasteiger charge is 2.32. The van der Waals surface area contributed by atoms with Crippen molar-refractivity contribution in [3.63, 3.8) is 0 Å². The van der Waals surface area contributed by atoms with Crippen molar-refractivity contribution in [2.45, 2.75) is 38.3 Å². The number of hydrogen-bond donors (Lipinski definition) is 0. The van der Waals surface area contributed by atoms with Crippen LogP contribution in [-0.2, 0) is 9.84 Å². The molecule has 1 atom stereocenters. The van der Waals surface area contributed by atoms with Gasteiger partial charge in [0.25, 0.3) is 0 Å². The summed E-state index contributed by atoms with van der Waals surface area (Å²) in [6, 6.07) is 8.15. The lowest BCUT2D eigenvalue weighted by Gasteiger charge is -2.28. The van der Waals surface area contributed by atoms with Gasteiger partial charge in [-0.15, -0.1) is 0 Å². The zero-order chi connectivity index (χ0) is 16.9. The second-order valence-corrected chi connectivity index (χ2v) is 8.47. The van der Waals surface area contributed by atoms with Crippen LogP contribution in [0, 0.1) is 0 Å². The Hall–Kier alpha value is -1.27. The molecule has 6 heteroatoms. The van der Waals surface area contributed by atoms with Crippen LogP contribution in [0.1, 0.15) is 26.2 Å². The van der Waals surface area contributed by atoms with Crippen LogP contribution in [0.2, 0.25) is 0 Å². The summed E-state index contributed by atoms with van der Waals surface area (Å²) in [5.41, 5.74) is 0. The highest BCUT2D eigenvalue weighted by Crippen LogP contribution is 2.29. The van der Waals surface area contributed by atoms with Gasteiger partial charge in [-0.1, -0.05) is 0 Å². The highest BCUT2D eigenvalue weighted by atomic mass is 32.2. The molecule has 0 amide bonds. The molecule has 0 heterocycles. The zero-order valence-corrected chi connectivity index (χ0v) is 15.0. The topological polar surface area (TPSA) is 55.8 Å². The number of hydrogen-bond acceptors (Lipinski definition) is 5. The third-order valence-corrected chi connectivity index (χ3v) is 5.10. The van der Waals surface area contributed by atoms with Gasteiger partial charge in [-0.25, -0.2) is 8.42 Å². The molecule has 0 N–H and O–H groups in total. The molecule has 1 aliphatic carbocycles. The first-order chi connectivity index (χ1) is 10.9. The molecular formula is C17H27NO4S. The van der Waals surface area contributed by atoms with E-state index in [9.17, 15) is 8.42 Å². The van der Waals surface area contributed by atoms with E-state index in [4.69, 9.17) is 9.47 Å². The number of benzene rings is 1. The smallest absolute Gasteiger partial charge is 0.148 e. The van der Waals surface area contributed by atoms with E-state index in [1.165, 1.54) is 19.1 Å². The first kappa shape index (κ1) is 18.1. The minimum absolute atomic E-state index is 0.0680. The lowest BCUT2D eigenvalue weighted by atomic mass is 10.2. The molecule has 130 valence electrons. The van der Waals surface area contributed by atoms with Crippen LogP contribution < -0.4 is 9.47 Å². The van der Waals surface area contributed by atoms with Gasteiger partial charge in [-0.05, 0) is 50.5 Å². The number of sulfone groups is 1. The van der Waals surface area contributed by atoms with Gasteiger partial charge in [0, 0.05) is 24.9 Å². The van der Waals surface area contributed by atoms with Crippen molar-refractivity contribution in [1.82, 2.24) is 4.90 Å². The number of ether oxygens (including phenoxy) is 2. The van der Waals surface area contributed by atoms with E-state index in [2.05, 4.69) is 4.90 Å². The number of methoxy groups -OCH3 is 1. The molecule has 1 aromatic rings. The molecule has 0 bridgehead atoms. The van der Waals surface area contributed by atoms with E-state index in [-0.39, 0.29) is 11.8 Å². The monoisotopic (exact) mass is 341 g/mol. The Kier molecular flexibility index (Phi) is 6.30. The van der Waals surface area contributed by atoms with Gasteiger partial charge in [0.2, 0.25) is 0 Å². The minimum atomic E-state index is -2.94. The number of nitrogens with zero attached hydrogens (tertiary/aromatic N) is 1. The van der Waals surface area contributed by atoms with E-state index < -0.39 is 9.84 Å². The van der Waals surface area contributed by atoms with Gasteiger partial charge >= 0.3 is 0 Å². The summed E-state index contributed by atoms with van der Waals surface area (Å²) >= 11 is 0. The maximum atomic E-state index is 11.5. The second-order valence-electron chi connectivity index (χ2n) is 6.29. The first-order valence-corrected chi connectivity index (χ1v) is 10.2. The molecule has 23 heavy (non-hydrogen) atoms. The Balaban J connectivity index is 1.75. The summed E-state index contributed by atoms with van der Waals surface area (Å²) in [4.78, 5) is 2.32. The molecule has 0 spiro atoms. The standard InChI is InChI=1S/C17H27NO4S/c1-14(13-23(3,19)20)18(15-5-6-15)11-4-12-22-17-9-7-16(21-2)8-10-17/h7-10,14-15H,4-6,11-13H2,1-3H3. The van der Waals surface area contributed by atoms with Gasteiger partial charge in [-0.2, -0.15) is 0 Å². The van der Waals surface area contributed by atoms with Crippen molar-refractivity contribution in [2.24, 2.45) is 0 Å². The largest absolute Gasteiger partial charge is 0.497 e. The third kappa shape index (κ3) is 6.39. The van der Waals surface area contributed by atoms with Gasteiger partial charge in [0.15, 0.2) is 0 Å². The fourth-order valence-corrected chi connectivity index (χ4v) is 3.88. The maximum absolute atomic E-state index is 11.5. The van der Waals surface area contributed by atoms with Gasteiger partial charge in [0.1, 0.15) is 21.3 Å². The summed E-state index contributed by atoms with van der Waals surface area (Å²) in [7, 11) is -1.30. The Morgan fingerprint density at radius 1 is 1.22 bits per heavy atom. The molecule has 0 aliphatic heterocycles. The molecule has 0 radical (unpaired) electrons. The Labute approximate surface area is 139 Å². The van der Waals surface area contributed by atoms with Crippen molar-refractivity contribution < 1.29 is 17.9 Å². The van der Waals surface area contributed by atoms with Crippen molar-refractivity contribution in [3.8, 4) is 11.5 Å². The fourth-order valence-electron chi connectivity index (χ4n) is 2.81. The van der Waals surface area contributed by atoms with Crippen molar-refractivity contribution in [2.75, 3.05) is 32.3 Å². The predicted molar refractivity (Wildman–Crippen MR) is 92.0 cm³/mol. The molecule has 0 saturated heterocycles. The van der Waals surface area contributed by atoms with Gasteiger partial charge < -0.3 is 9.47 Å². The van der Waals surface area contributed by atoms with Crippen LogP contribution in [0.15, 0.2) is 24.3 Å². The lowest BCUT2D eigenvalue weighted by Crippen LogP contribution is -2.40. The molecule has 2 rings (SSSR count). The SMILES string of the molecule is COc1ccc(OCCCN(C(C)CS(C)(=O)=O)C2CC2)cc1. The fraction of sp³-hybridized carbons (Fsp3) is 0.647. The van der Waals surface area contributed by atoms with Crippen molar-refractivity contribution in [1.29, 1.82) is 0 Å². The summed E-state index contributed by atoms with van der Waals surface area (Å²) in [6.45, 7) is 3.50. The Morgan fingerprint density at radius 3 is 2.35 bits per heavy atom. The van der Waals surface area contributed by atoms with Crippen LogP contribution in [0.4, 0.5) is 0 Å². The van der Waals surface area contributed by atoms with E-state index in [0.29, 0.717) is 12.6 Å². The molecule has 1 saturated carbocycles. The summed E-state index contributed by atoms with van der Waals surface area (Å²) in [5.74, 6) is 1.86. The molecule has 1 fully saturated rings. The zero-order valence-electron chi connectivity index (χ0n) is 14.2. The minimum Gasteiger partial charge on any atom is -0.497 e. The molecule has 1 aliphatic rings. The van der Waals surface area contributed by atoms with Crippen molar-refractivity contribution >= 4 is 9.84 Å². The third-order valence-electron chi connectivity index (χ3n) is 4.01. The van der Waals surface area contributed by atoms with Crippen LogP contribution in [0.25, 0.3) is 0 Å². The van der Waals surface area contributed by atoms with Crippen LogP contribution in [0.5, 0.6) is 11.5 Å². The van der Waals surface area contributed by atoms with E-state index in [0.717, 1.165) is 24.5 Å². The van der Waals surface area contributed by atoms with Gasteiger partial charge in [-0.3, -0.25) is 4.90 Å². The lowest BCUT2D eigenvalue weighted by molar-refractivity contribution is 0.191. The maximum Gasteiger partial charge on any atom is 0.148 e. The van der Waals surface area contributed by atoms with E-state index >= 15 is 0 Å². The highest BCUT2D eigenvalue weighted by molar-refractivity contribution is 7.90. The van der Waals surface area contributed by atoms with Gasteiger partial charge in [0.05, 0.1) is 19.5 Å². The van der Waals surface area contributed by atoms with Crippen molar-refractivity contribution in [3.05, 3.63) is 24.3 Å². The van der Waals surface area contributed by atoms with Crippen LogP contribution >= 0.6 is 0 Å². The van der Waals surface area contributed by atoms with E-state index in [1.54, 1.807) is 7.11 Å². The van der Waals surface area contributed by atoms with Crippen LogP contribution in [0.3, 0.4) is 0 Å². The average Bonchev–Trinajstić information content (AvgIpc) is 3.30.